The molecule has 3 nitrogen and oxygen atoms in total. The van der Waals surface area contributed by atoms with Gasteiger partial charge in [-0.15, -0.1) is 0 Å². The second-order valence-electron chi connectivity index (χ2n) is 6.11. The molecule has 4 rings (SSSR count). The molecule has 0 radical (unpaired) electrons. The normalized spacial score (nSPS) is 16.7. The van der Waals surface area contributed by atoms with Crippen LogP contribution in [-0.2, 0) is 9.59 Å². The smallest absolute Gasteiger partial charge is 0.166 e. The van der Waals surface area contributed by atoms with E-state index in [-0.39, 0.29) is 11.6 Å². The highest BCUT2D eigenvalue weighted by Crippen LogP contribution is 2.47. The summed E-state index contributed by atoms with van der Waals surface area (Å²) in [5.41, 5.74) is 3.60. The first-order chi connectivity index (χ1) is 11.6. The van der Waals surface area contributed by atoms with Gasteiger partial charge in [0.1, 0.15) is 0 Å². The summed E-state index contributed by atoms with van der Waals surface area (Å²) < 4.78 is 0. The lowest BCUT2D eigenvalue weighted by atomic mass is 9.91. The van der Waals surface area contributed by atoms with Crippen molar-refractivity contribution in [1.29, 1.82) is 0 Å². The summed E-state index contributed by atoms with van der Waals surface area (Å²) in [4.78, 5) is 28.5. The molecular formula is C20H17NO2S. The second kappa shape index (κ2) is 5.95. The van der Waals surface area contributed by atoms with Crippen LogP contribution in [0.2, 0.25) is 0 Å². The third kappa shape index (κ3) is 2.57. The van der Waals surface area contributed by atoms with Gasteiger partial charge in [-0.05, 0) is 42.3 Å². The molecule has 0 aromatic heterocycles. The SMILES string of the molecule is CN1c2ccccc2Sc2cc(C=C3C(=O)CCCC3=O)ccc21. The minimum atomic E-state index is -0.0286. The molecule has 0 unspecified atom stereocenters. The van der Waals surface area contributed by atoms with E-state index in [1.165, 1.54) is 10.6 Å². The van der Waals surface area contributed by atoms with E-state index in [1.807, 2.05) is 18.2 Å². The van der Waals surface area contributed by atoms with Gasteiger partial charge in [0.05, 0.1) is 16.9 Å². The van der Waals surface area contributed by atoms with Crippen LogP contribution in [-0.4, -0.2) is 18.6 Å². The summed E-state index contributed by atoms with van der Waals surface area (Å²) in [5, 5.41) is 0. The third-order valence-corrected chi connectivity index (χ3v) is 5.62. The maximum Gasteiger partial charge on any atom is 0.166 e. The molecule has 120 valence electrons. The highest BCUT2D eigenvalue weighted by Gasteiger charge is 2.24. The van der Waals surface area contributed by atoms with Crippen molar-refractivity contribution in [3.8, 4) is 0 Å². The van der Waals surface area contributed by atoms with Gasteiger partial charge >= 0.3 is 0 Å². The van der Waals surface area contributed by atoms with Crippen LogP contribution in [0, 0.1) is 0 Å². The van der Waals surface area contributed by atoms with Gasteiger partial charge in [-0.2, -0.15) is 0 Å². The molecule has 1 aliphatic carbocycles. The van der Waals surface area contributed by atoms with Crippen LogP contribution in [0.1, 0.15) is 24.8 Å². The lowest BCUT2D eigenvalue weighted by Gasteiger charge is -2.29. The summed E-state index contributed by atoms with van der Waals surface area (Å²) >= 11 is 1.72. The average molecular weight is 335 g/mol. The minimum absolute atomic E-state index is 0.0286. The van der Waals surface area contributed by atoms with Crippen molar-refractivity contribution < 1.29 is 9.59 Å². The Kier molecular flexibility index (Phi) is 3.77. The highest BCUT2D eigenvalue weighted by molar-refractivity contribution is 7.99. The Bertz CT molecular complexity index is 867. The molecule has 0 bridgehead atoms. The third-order valence-electron chi connectivity index (χ3n) is 4.51. The molecule has 1 heterocycles. The summed E-state index contributed by atoms with van der Waals surface area (Å²) in [6, 6.07) is 14.4. The Hall–Kier alpha value is -2.33. The number of ketones is 2. The fraction of sp³-hybridized carbons (Fsp3) is 0.200. The molecule has 0 saturated heterocycles. The number of carbonyl (C=O) groups excluding carboxylic acids is 2. The lowest BCUT2D eigenvalue weighted by Crippen LogP contribution is -2.18. The summed E-state index contributed by atoms with van der Waals surface area (Å²) in [6.45, 7) is 0. The molecule has 0 atom stereocenters. The Balaban J connectivity index is 1.73. The number of fused-ring (bicyclic) bond motifs is 2. The molecule has 2 aliphatic rings. The molecular weight excluding hydrogens is 318 g/mol. The second-order valence-corrected chi connectivity index (χ2v) is 7.20. The fourth-order valence-electron chi connectivity index (χ4n) is 3.21. The molecule has 0 amide bonds. The van der Waals surface area contributed by atoms with E-state index in [0.717, 1.165) is 16.1 Å². The summed E-state index contributed by atoms with van der Waals surface area (Å²) in [6.07, 6.45) is 3.39. The van der Waals surface area contributed by atoms with Gasteiger partial charge in [-0.3, -0.25) is 9.59 Å². The number of hydrogen-bond donors (Lipinski definition) is 0. The first-order valence-corrected chi connectivity index (χ1v) is 8.88. The number of nitrogens with zero attached hydrogens (tertiary/aromatic N) is 1. The van der Waals surface area contributed by atoms with Gasteiger partial charge in [0.2, 0.25) is 0 Å². The lowest BCUT2D eigenvalue weighted by molar-refractivity contribution is -0.123. The van der Waals surface area contributed by atoms with E-state index in [1.54, 1.807) is 17.8 Å². The minimum Gasteiger partial charge on any atom is -0.343 e. The van der Waals surface area contributed by atoms with Crippen molar-refractivity contribution in [3.63, 3.8) is 0 Å². The number of rotatable bonds is 1. The van der Waals surface area contributed by atoms with E-state index >= 15 is 0 Å². The van der Waals surface area contributed by atoms with E-state index < -0.39 is 0 Å². The number of allylic oxidation sites excluding steroid dienone is 1. The molecule has 0 N–H and O–H groups in total. The predicted molar refractivity (Wildman–Crippen MR) is 96.9 cm³/mol. The van der Waals surface area contributed by atoms with Crippen molar-refractivity contribution >= 4 is 40.8 Å². The quantitative estimate of drug-likeness (QED) is 0.563. The van der Waals surface area contributed by atoms with Gasteiger partial charge in [-0.25, -0.2) is 0 Å². The monoisotopic (exact) mass is 335 g/mol. The maximum absolute atomic E-state index is 12.0. The topological polar surface area (TPSA) is 37.4 Å². The zero-order valence-electron chi connectivity index (χ0n) is 13.4. The maximum atomic E-state index is 12.0. The van der Waals surface area contributed by atoms with Crippen molar-refractivity contribution in [2.75, 3.05) is 11.9 Å². The predicted octanol–water partition coefficient (Wildman–Crippen LogP) is 4.62. The largest absolute Gasteiger partial charge is 0.343 e. The molecule has 1 aliphatic heterocycles. The van der Waals surface area contributed by atoms with Crippen molar-refractivity contribution in [1.82, 2.24) is 0 Å². The molecule has 24 heavy (non-hydrogen) atoms. The average Bonchev–Trinajstić information content (AvgIpc) is 2.58. The van der Waals surface area contributed by atoms with E-state index in [4.69, 9.17) is 0 Å². The Morgan fingerprint density at radius 3 is 2.46 bits per heavy atom. The van der Waals surface area contributed by atoms with Crippen molar-refractivity contribution in [2.45, 2.75) is 29.1 Å². The molecule has 1 fully saturated rings. The number of carbonyl (C=O) groups is 2. The Labute approximate surface area is 145 Å². The standard InChI is InChI=1S/C20H17NO2S/c1-21-15-5-2-3-8-19(15)24-20-12-13(9-10-16(20)21)11-14-17(22)6-4-7-18(14)23/h2-3,5,8-12H,4,6-7H2,1H3. The number of hydrogen-bond acceptors (Lipinski definition) is 4. The Morgan fingerprint density at radius 2 is 1.67 bits per heavy atom. The van der Waals surface area contributed by atoms with Crippen LogP contribution < -0.4 is 4.90 Å². The van der Waals surface area contributed by atoms with Gasteiger partial charge < -0.3 is 4.90 Å². The zero-order chi connectivity index (χ0) is 16.7. The van der Waals surface area contributed by atoms with Crippen LogP contribution in [0.4, 0.5) is 11.4 Å². The van der Waals surface area contributed by atoms with Crippen LogP contribution in [0.15, 0.2) is 57.8 Å². The number of benzene rings is 2. The first kappa shape index (κ1) is 15.2. The van der Waals surface area contributed by atoms with E-state index in [9.17, 15) is 9.59 Å². The van der Waals surface area contributed by atoms with Crippen LogP contribution >= 0.6 is 11.8 Å². The number of anilines is 2. The van der Waals surface area contributed by atoms with E-state index in [2.05, 4.69) is 36.2 Å². The zero-order valence-corrected chi connectivity index (χ0v) is 14.2. The van der Waals surface area contributed by atoms with Crippen LogP contribution in [0.3, 0.4) is 0 Å². The van der Waals surface area contributed by atoms with Crippen molar-refractivity contribution in [3.05, 3.63) is 53.6 Å². The van der Waals surface area contributed by atoms with Crippen LogP contribution in [0.25, 0.3) is 6.08 Å². The van der Waals surface area contributed by atoms with Gasteiger partial charge in [0, 0.05) is 29.7 Å². The van der Waals surface area contributed by atoms with Crippen LogP contribution in [0.5, 0.6) is 0 Å². The number of Topliss-reactive ketones (excluding diaryl/α,β-unsaturated/α-hetero) is 2. The summed E-state index contributed by atoms with van der Waals surface area (Å²) in [5.74, 6) is -0.0572. The van der Waals surface area contributed by atoms with Crippen molar-refractivity contribution in [2.24, 2.45) is 0 Å². The molecule has 2 aromatic carbocycles. The summed E-state index contributed by atoms with van der Waals surface area (Å²) in [7, 11) is 2.06. The first-order valence-electron chi connectivity index (χ1n) is 8.06. The van der Waals surface area contributed by atoms with Gasteiger partial charge in [0.15, 0.2) is 11.6 Å². The van der Waals surface area contributed by atoms with E-state index in [0.29, 0.717) is 24.8 Å². The number of para-hydroxylation sites is 1. The fourth-order valence-corrected chi connectivity index (χ4v) is 4.41. The Morgan fingerprint density at radius 1 is 0.958 bits per heavy atom. The molecule has 1 saturated carbocycles. The highest BCUT2D eigenvalue weighted by atomic mass is 32.2. The molecule has 2 aromatic rings. The molecule has 0 spiro atoms. The molecule has 4 heteroatoms. The van der Waals surface area contributed by atoms with Gasteiger partial charge in [-0.1, -0.05) is 30.0 Å². The van der Waals surface area contributed by atoms with Gasteiger partial charge in [0.25, 0.3) is 0 Å².